The summed E-state index contributed by atoms with van der Waals surface area (Å²) in [5.41, 5.74) is 2.84. The molecular weight excluding hydrogens is 400 g/mol. The maximum absolute atomic E-state index is 11.6. The Kier molecular flexibility index (Phi) is 23.5. The van der Waals surface area contributed by atoms with Gasteiger partial charge in [0, 0.05) is 26.6 Å². The Morgan fingerprint density at radius 2 is 1.54 bits per heavy atom. The molecule has 0 fully saturated rings. The highest BCUT2D eigenvalue weighted by Crippen LogP contribution is 2.21. The molecular formula is C15H33N2O6S3+. The summed E-state index contributed by atoms with van der Waals surface area (Å²) in [7, 11) is 4.86. The molecule has 0 rings (SSSR count). The van der Waals surface area contributed by atoms with Gasteiger partial charge in [0.25, 0.3) is 0 Å². The highest BCUT2D eigenvalue weighted by molar-refractivity contribution is 8.74. The van der Waals surface area contributed by atoms with E-state index in [0.29, 0.717) is 58.5 Å². The molecule has 0 saturated heterocycles. The molecule has 0 heterocycles. The minimum atomic E-state index is 0.421. The van der Waals surface area contributed by atoms with E-state index in [-0.39, 0.29) is 0 Å². The van der Waals surface area contributed by atoms with Gasteiger partial charge in [-0.05, 0) is 12.2 Å². The zero-order valence-electron chi connectivity index (χ0n) is 15.8. The first-order chi connectivity index (χ1) is 12.8. The average molecular weight is 434 g/mol. The smallest absolute Gasteiger partial charge is 0.235 e. The van der Waals surface area contributed by atoms with E-state index in [2.05, 4.69) is 5.43 Å². The molecule has 0 atom stereocenters. The van der Waals surface area contributed by atoms with Crippen molar-refractivity contribution in [3.05, 3.63) is 4.91 Å². The van der Waals surface area contributed by atoms with E-state index in [0.717, 1.165) is 29.4 Å². The van der Waals surface area contributed by atoms with Gasteiger partial charge in [-0.15, -0.1) is 0 Å². The predicted molar refractivity (Wildman–Crippen MR) is 110 cm³/mol. The molecule has 0 spiro atoms. The Labute approximate surface area is 169 Å². The van der Waals surface area contributed by atoms with Gasteiger partial charge in [0.15, 0.2) is 0 Å². The van der Waals surface area contributed by atoms with Crippen molar-refractivity contribution in [2.45, 2.75) is 6.42 Å². The Balaban J connectivity index is 3.12. The van der Waals surface area contributed by atoms with Crippen LogP contribution in [0.1, 0.15) is 6.42 Å². The van der Waals surface area contributed by atoms with Gasteiger partial charge in [-0.2, -0.15) is 17.2 Å². The highest BCUT2D eigenvalue weighted by atomic mass is 33.1. The number of thioether (sulfide) groups is 1. The van der Waals surface area contributed by atoms with Gasteiger partial charge in [0.2, 0.25) is 6.54 Å². The van der Waals surface area contributed by atoms with Gasteiger partial charge < -0.3 is 23.1 Å². The largest absolute Gasteiger partial charge is 0.385 e. The summed E-state index contributed by atoms with van der Waals surface area (Å²) in [5, 5.41) is 0. The van der Waals surface area contributed by atoms with Gasteiger partial charge in [-0.3, -0.25) is 0 Å². The summed E-state index contributed by atoms with van der Waals surface area (Å²) in [6.07, 6.45) is 1.04. The third-order valence-electron chi connectivity index (χ3n) is 2.76. The summed E-state index contributed by atoms with van der Waals surface area (Å²) in [5.74, 6) is 2.67. The second-order valence-electron chi connectivity index (χ2n) is 4.90. The fourth-order valence-corrected chi connectivity index (χ4v) is 3.62. The minimum Gasteiger partial charge on any atom is -0.385 e. The number of methoxy groups -OCH3 is 2. The quantitative estimate of drug-likeness (QED) is 0.0901. The summed E-state index contributed by atoms with van der Waals surface area (Å²) in [6.45, 7) is 5.22. The molecule has 1 N–H and O–H groups in total. The van der Waals surface area contributed by atoms with Crippen LogP contribution in [0.5, 0.6) is 0 Å². The third-order valence-corrected chi connectivity index (χ3v) is 5.62. The zero-order valence-corrected chi connectivity index (χ0v) is 18.3. The summed E-state index contributed by atoms with van der Waals surface area (Å²) < 4.78 is 25.8. The first-order valence-electron chi connectivity index (χ1n) is 8.61. The second-order valence-corrected chi connectivity index (χ2v) is 8.25. The van der Waals surface area contributed by atoms with Crippen LogP contribution in [0, 0.1) is 4.91 Å². The van der Waals surface area contributed by atoms with E-state index in [1.807, 2.05) is 11.8 Å². The molecule has 0 aromatic heterocycles. The molecule has 0 radical (unpaired) electrons. The van der Waals surface area contributed by atoms with Crippen molar-refractivity contribution >= 4 is 33.6 Å². The number of nitroso groups, excluding NO2 is 1. The van der Waals surface area contributed by atoms with Crippen LogP contribution in [0.3, 0.4) is 0 Å². The van der Waals surface area contributed by atoms with E-state index in [1.54, 1.807) is 14.2 Å². The number of nitrogens with zero attached hydrogens (tertiary/aromatic N) is 1. The molecule has 11 heteroatoms. The summed E-state index contributed by atoms with van der Waals surface area (Å²) in [4.78, 5) is 12.4. The number of hydrogen-bond donors (Lipinski definition) is 1. The normalized spacial score (nSPS) is 11.0. The lowest BCUT2D eigenvalue weighted by Crippen LogP contribution is -2.30. The van der Waals surface area contributed by atoms with E-state index < -0.39 is 0 Å². The molecule has 0 aromatic carbocycles. The molecule has 0 unspecified atom stereocenters. The fourth-order valence-electron chi connectivity index (χ4n) is 1.51. The van der Waals surface area contributed by atoms with E-state index in [1.165, 1.54) is 21.9 Å². The van der Waals surface area contributed by atoms with Crippen LogP contribution in [-0.2, 0) is 23.1 Å². The van der Waals surface area contributed by atoms with Crippen LogP contribution in [0.15, 0.2) is 0 Å². The van der Waals surface area contributed by atoms with Gasteiger partial charge >= 0.3 is 0 Å². The van der Waals surface area contributed by atoms with Crippen molar-refractivity contribution in [2.75, 3.05) is 90.8 Å². The van der Waals surface area contributed by atoms with Gasteiger partial charge in [0.05, 0.1) is 67.9 Å². The maximum Gasteiger partial charge on any atom is 0.235 e. The SMILES string of the molecule is COCCCSCCN[N+](=O)CCSSOCCOCCOCCOC. The number of hydrogen-bond acceptors (Lipinski definition) is 9. The second kappa shape index (κ2) is 23.3. The standard InChI is InChI=1S/C15H33N2O6S3/c1-19-6-3-13-24-14-4-16-17(18)5-15-25-26-23-12-11-22-10-9-21-8-7-20-2/h3-15H2,1-2H3,(H,16,18)/q+1. The first kappa shape index (κ1) is 26.2. The fraction of sp³-hybridized carbons (Fsp3) is 1.00. The third kappa shape index (κ3) is 22.3. The van der Waals surface area contributed by atoms with Crippen molar-refractivity contribution in [2.24, 2.45) is 0 Å². The number of nitrogens with one attached hydrogen (secondary N) is 1. The average Bonchev–Trinajstić information content (AvgIpc) is 2.64. The highest BCUT2D eigenvalue weighted by Gasteiger charge is 2.07. The van der Waals surface area contributed by atoms with Gasteiger partial charge in [0.1, 0.15) is 4.87 Å². The Bertz CT molecular complexity index is 307. The topological polar surface area (TPSA) is 78.3 Å². The number of rotatable bonds is 22. The molecule has 8 nitrogen and oxygen atoms in total. The molecule has 156 valence electrons. The van der Waals surface area contributed by atoms with E-state index in [9.17, 15) is 4.91 Å². The Morgan fingerprint density at radius 3 is 2.27 bits per heavy atom. The van der Waals surface area contributed by atoms with Crippen molar-refractivity contribution in [1.82, 2.24) is 5.43 Å². The lowest BCUT2D eigenvalue weighted by atomic mass is 10.5. The summed E-state index contributed by atoms with van der Waals surface area (Å²) in [6, 6.07) is 0. The summed E-state index contributed by atoms with van der Waals surface area (Å²) >= 11 is 3.11. The monoisotopic (exact) mass is 433 g/mol. The molecule has 26 heavy (non-hydrogen) atoms. The number of ether oxygens (including phenoxy) is 4. The molecule has 0 aromatic rings. The Hall–Kier alpha value is 0.250. The molecule has 0 aliphatic heterocycles. The van der Waals surface area contributed by atoms with Crippen molar-refractivity contribution < 1.29 is 28.0 Å². The Morgan fingerprint density at radius 1 is 0.846 bits per heavy atom. The molecule has 0 aliphatic rings. The van der Waals surface area contributed by atoms with Crippen LogP contribution < -0.4 is 5.43 Å². The molecule has 0 bridgehead atoms. The van der Waals surface area contributed by atoms with Crippen molar-refractivity contribution in [3.63, 3.8) is 0 Å². The van der Waals surface area contributed by atoms with Crippen LogP contribution in [0.25, 0.3) is 0 Å². The molecule has 0 saturated carbocycles. The molecule has 0 amide bonds. The lowest BCUT2D eigenvalue weighted by molar-refractivity contribution is -0.602. The van der Waals surface area contributed by atoms with Crippen LogP contribution >= 0.6 is 33.6 Å². The lowest BCUT2D eigenvalue weighted by Gasteiger charge is -2.05. The van der Waals surface area contributed by atoms with E-state index >= 15 is 0 Å². The van der Waals surface area contributed by atoms with Crippen molar-refractivity contribution in [3.8, 4) is 0 Å². The van der Waals surface area contributed by atoms with Crippen molar-refractivity contribution in [1.29, 1.82) is 0 Å². The van der Waals surface area contributed by atoms with Gasteiger partial charge in [-0.1, -0.05) is 10.8 Å². The van der Waals surface area contributed by atoms with Crippen LogP contribution in [0.2, 0.25) is 0 Å². The first-order valence-corrected chi connectivity index (χ1v) is 12.0. The number of hydrazine groups is 1. The van der Waals surface area contributed by atoms with Crippen LogP contribution in [0.4, 0.5) is 0 Å². The zero-order chi connectivity index (χ0) is 19.1. The maximum atomic E-state index is 11.6. The minimum absolute atomic E-state index is 0.421. The predicted octanol–water partition coefficient (Wildman–Crippen LogP) is 2.03. The van der Waals surface area contributed by atoms with Crippen LogP contribution in [-0.4, -0.2) is 95.7 Å². The van der Waals surface area contributed by atoms with Gasteiger partial charge in [-0.25, -0.2) is 0 Å². The van der Waals surface area contributed by atoms with E-state index in [4.69, 9.17) is 23.1 Å². The molecule has 0 aliphatic carbocycles.